The lowest BCUT2D eigenvalue weighted by Gasteiger charge is -2.40. The number of hydrogen-bond acceptors (Lipinski definition) is 2. The molecule has 0 saturated heterocycles. The second kappa shape index (κ2) is 5.08. The molecule has 1 heterocycles. The molecule has 3 nitrogen and oxygen atoms in total. The van der Waals surface area contributed by atoms with E-state index in [4.69, 9.17) is 0 Å². The topological polar surface area (TPSA) is 32.7 Å². The third-order valence-electron chi connectivity index (χ3n) is 4.00. The first-order chi connectivity index (χ1) is 9.71. The molecule has 102 valence electrons. The van der Waals surface area contributed by atoms with Crippen molar-refractivity contribution >= 4 is 12.1 Å². The van der Waals surface area contributed by atoms with E-state index in [1.54, 1.807) is 4.90 Å². The Kier molecular flexibility index (Phi) is 3.26. The number of benzene rings is 1. The molecule has 0 radical (unpaired) electrons. The summed E-state index contributed by atoms with van der Waals surface area (Å²) >= 11 is 0. The summed E-state index contributed by atoms with van der Waals surface area (Å²) in [4.78, 5) is 18.3. The van der Waals surface area contributed by atoms with E-state index in [2.05, 4.69) is 23.7 Å². The highest BCUT2D eigenvalue weighted by Crippen LogP contribution is 2.36. The van der Waals surface area contributed by atoms with Gasteiger partial charge in [-0.25, -0.2) is 0 Å². The van der Waals surface area contributed by atoms with E-state index in [0.717, 1.165) is 30.5 Å². The molecule has 0 bridgehead atoms. The molecule has 1 unspecified atom stereocenters. The molecular formula is C17H18N2O. The maximum absolute atomic E-state index is 12.1. The SMILES string of the molecule is C=C1N(Cc2ccccc2)C(=O)C=NC12C=CCCC2. The van der Waals surface area contributed by atoms with Crippen LogP contribution < -0.4 is 0 Å². The summed E-state index contributed by atoms with van der Waals surface area (Å²) in [6.07, 6.45) is 8.78. The number of rotatable bonds is 2. The normalized spacial score (nSPS) is 25.5. The van der Waals surface area contributed by atoms with Gasteiger partial charge in [0.05, 0.1) is 12.8 Å². The van der Waals surface area contributed by atoms with Crippen molar-refractivity contribution in [2.75, 3.05) is 0 Å². The van der Waals surface area contributed by atoms with Gasteiger partial charge in [0, 0.05) is 5.70 Å². The maximum atomic E-state index is 12.1. The number of carbonyl (C=O) groups excluding carboxylic acids is 1. The Hall–Kier alpha value is -2.16. The summed E-state index contributed by atoms with van der Waals surface area (Å²) in [5, 5.41) is 0. The molecule has 0 fully saturated rings. The fourth-order valence-electron chi connectivity index (χ4n) is 2.82. The van der Waals surface area contributed by atoms with E-state index < -0.39 is 5.54 Å². The lowest BCUT2D eigenvalue weighted by atomic mass is 9.84. The summed E-state index contributed by atoms with van der Waals surface area (Å²) in [5.41, 5.74) is 1.50. The first-order valence-electron chi connectivity index (χ1n) is 6.99. The monoisotopic (exact) mass is 266 g/mol. The molecule has 1 aromatic rings. The summed E-state index contributed by atoms with van der Waals surface area (Å²) in [6, 6.07) is 9.99. The van der Waals surface area contributed by atoms with Gasteiger partial charge in [-0.05, 0) is 24.8 Å². The molecular weight excluding hydrogens is 248 g/mol. The van der Waals surface area contributed by atoms with Crippen molar-refractivity contribution in [2.24, 2.45) is 4.99 Å². The summed E-state index contributed by atoms with van der Waals surface area (Å²) in [5.74, 6) is -0.0801. The number of allylic oxidation sites excluding steroid dienone is 1. The molecule has 0 N–H and O–H groups in total. The Morgan fingerprint density at radius 1 is 1.30 bits per heavy atom. The molecule has 3 heteroatoms. The lowest BCUT2D eigenvalue weighted by Crippen LogP contribution is -2.45. The third kappa shape index (κ3) is 2.20. The van der Waals surface area contributed by atoms with Gasteiger partial charge < -0.3 is 4.90 Å². The molecule has 1 aromatic carbocycles. The van der Waals surface area contributed by atoms with E-state index in [-0.39, 0.29) is 5.91 Å². The highest BCUT2D eigenvalue weighted by atomic mass is 16.2. The molecule has 1 aliphatic heterocycles. The van der Waals surface area contributed by atoms with Crippen LogP contribution in [0.25, 0.3) is 0 Å². The zero-order chi connectivity index (χ0) is 14.0. The first-order valence-corrected chi connectivity index (χ1v) is 6.99. The molecule has 0 saturated carbocycles. The third-order valence-corrected chi connectivity index (χ3v) is 4.00. The van der Waals surface area contributed by atoms with Crippen molar-refractivity contribution in [1.29, 1.82) is 0 Å². The predicted octanol–water partition coefficient (Wildman–Crippen LogP) is 3.09. The van der Waals surface area contributed by atoms with Gasteiger partial charge in [-0.15, -0.1) is 0 Å². The minimum absolute atomic E-state index is 0.0801. The van der Waals surface area contributed by atoms with Gasteiger partial charge >= 0.3 is 0 Å². The second-order valence-corrected chi connectivity index (χ2v) is 5.33. The number of aliphatic imine (C=N–C) groups is 1. The Bertz CT molecular complexity index is 588. The van der Waals surface area contributed by atoms with Gasteiger partial charge in [-0.3, -0.25) is 9.79 Å². The summed E-state index contributed by atoms with van der Waals surface area (Å²) < 4.78 is 0. The van der Waals surface area contributed by atoms with Crippen LogP contribution in [-0.2, 0) is 11.3 Å². The molecule has 2 aliphatic rings. The van der Waals surface area contributed by atoms with E-state index in [0.29, 0.717) is 6.54 Å². The van der Waals surface area contributed by atoms with Crippen LogP contribution in [0.3, 0.4) is 0 Å². The summed E-state index contributed by atoms with van der Waals surface area (Å²) in [7, 11) is 0. The lowest BCUT2D eigenvalue weighted by molar-refractivity contribution is -0.123. The zero-order valence-electron chi connectivity index (χ0n) is 11.5. The average Bonchev–Trinajstić information content (AvgIpc) is 2.50. The Balaban J connectivity index is 1.89. The van der Waals surface area contributed by atoms with Crippen LogP contribution in [0.4, 0.5) is 0 Å². The van der Waals surface area contributed by atoms with Gasteiger partial charge in [0.15, 0.2) is 0 Å². The maximum Gasteiger partial charge on any atom is 0.269 e. The van der Waals surface area contributed by atoms with E-state index in [9.17, 15) is 4.79 Å². The standard InChI is InChI=1S/C17H18N2O/c1-14-17(10-6-3-7-11-17)18-12-16(20)19(14)13-15-8-4-2-5-9-15/h2,4-6,8-10,12H,1,3,7,11,13H2. The van der Waals surface area contributed by atoms with Crippen molar-refractivity contribution in [3.63, 3.8) is 0 Å². The minimum Gasteiger partial charge on any atom is -0.305 e. The van der Waals surface area contributed by atoms with Crippen LogP contribution in [0.2, 0.25) is 0 Å². The first kappa shape index (κ1) is 12.9. The van der Waals surface area contributed by atoms with Crippen LogP contribution in [0.1, 0.15) is 24.8 Å². The highest BCUT2D eigenvalue weighted by Gasteiger charge is 2.38. The Labute approximate surface area is 119 Å². The molecule has 0 aromatic heterocycles. The second-order valence-electron chi connectivity index (χ2n) is 5.33. The predicted molar refractivity (Wildman–Crippen MR) is 80.3 cm³/mol. The van der Waals surface area contributed by atoms with E-state index >= 15 is 0 Å². The Morgan fingerprint density at radius 3 is 2.80 bits per heavy atom. The van der Waals surface area contributed by atoms with E-state index in [1.807, 2.05) is 30.3 Å². The zero-order valence-corrected chi connectivity index (χ0v) is 11.5. The molecule has 1 spiro atoms. The molecule has 1 amide bonds. The van der Waals surface area contributed by atoms with Gasteiger partial charge in [0.2, 0.25) is 0 Å². The van der Waals surface area contributed by atoms with Crippen molar-refractivity contribution < 1.29 is 4.79 Å². The largest absolute Gasteiger partial charge is 0.305 e. The van der Waals surface area contributed by atoms with E-state index in [1.165, 1.54) is 6.21 Å². The minimum atomic E-state index is -0.402. The molecule has 1 aliphatic carbocycles. The molecule has 1 atom stereocenters. The molecule has 3 rings (SSSR count). The highest BCUT2D eigenvalue weighted by molar-refractivity contribution is 6.27. The summed E-state index contributed by atoms with van der Waals surface area (Å²) in [6.45, 7) is 4.71. The van der Waals surface area contributed by atoms with Crippen LogP contribution >= 0.6 is 0 Å². The van der Waals surface area contributed by atoms with Gasteiger partial charge in [-0.1, -0.05) is 49.1 Å². The van der Waals surface area contributed by atoms with Crippen molar-refractivity contribution in [2.45, 2.75) is 31.3 Å². The smallest absolute Gasteiger partial charge is 0.269 e. The van der Waals surface area contributed by atoms with Gasteiger partial charge in [-0.2, -0.15) is 0 Å². The average molecular weight is 266 g/mol. The van der Waals surface area contributed by atoms with Crippen LogP contribution in [-0.4, -0.2) is 22.6 Å². The van der Waals surface area contributed by atoms with Crippen LogP contribution in [0, 0.1) is 0 Å². The van der Waals surface area contributed by atoms with Crippen molar-refractivity contribution in [3.8, 4) is 0 Å². The van der Waals surface area contributed by atoms with Crippen molar-refractivity contribution in [1.82, 2.24) is 4.90 Å². The Morgan fingerprint density at radius 2 is 2.10 bits per heavy atom. The van der Waals surface area contributed by atoms with Gasteiger partial charge in [0.1, 0.15) is 5.54 Å². The quantitative estimate of drug-likeness (QED) is 0.757. The number of hydrogen-bond donors (Lipinski definition) is 0. The number of nitrogens with zero attached hydrogens (tertiary/aromatic N) is 2. The van der Waals surface area contributed by atoms with Crippen molar-refractivity contribution in [3.05, 3.63) is 60.3 Å². The number of amides is 1. The fourth-order valence-corrected chi connectivity index (χ4v) is 2.82. The van der Waals surface area contributed by atoms with Crippen LogP contribution in [0.5, 0.6) is 0 Å². The fraction of sp³-hybridized carbons (Fsp3) is 0.294. The van der Waals surface area contributed by atoms with Crippen LogP contribution in [0.15, 0.2) is 59.8 Å². The molecule has 20 heavy (non-hydrogen) atoms. The van der Waals surface area contributed by atoms with Gasteiger partial charge in [0.25, 0.3) is 5.91 Å². The number of carbonyl (C=O) groups is 1.